The predicted octanol–water partition coefficient (Wildman–Crippen LogP) is 1.92. The van der Waals surface area contributed by atoms with E-state index in [1.165, 1.54) is 29.6 Å². The lowest BCUT2D eigenvalue weighted by Gasteiger charge is -2.30. The average Bonchev–Trinajstić information content (AvgIpc) is 3.13. The summed E-state index contributed by atoms with van der Waals surface area (Å²) in [6, 6.07) is 2.65. The van der Waals surface area contributed by atoms with Crippen LogP contribution in [0.15, 0.2) is 18.3 Å². The van der Waals surface area contributed by atoms with E-state index in [4.69, 9.17) is 11.6 Å². The van der Waals surface area contributed by atoms with E-state index in [-0.39, 0.29) is 33.6 Å². The van der Waals surface area contributed by atoms with Crippen molar-refractivity contribution in [3.05, 3.63) is 46.0 Å². The van der Waals surface area contributed by atoms with Gasteiger partial charge in [0.1, 0.15) is 11.5 Å². The quantitative estimate of drug-likeness (QED) is 0.632. The Hall–Kier alpha value is -2.50. The van der Waals surface area contributed by atoms with Crippen LogP contribution in [0.25, 0.3) is 0 Å². The molecule has 0 radical (unpaired) electrons. The second-order valence-electron chi connectivity index (χ2n) is 7.08. The molecule has 1 saturated heterocycles. The van der Waals surface area contributed by atoms with Crippen molar-refractivity contribution in [1.29, 1.82) is 0 Å². The Morgan fingerprint density at radius 1 is 1.27 bits per heavy atom. The summed E-state index contributed by atoms with van der Waals surface area (Å²) >= 11 is 5.96. The number of piperidine rings is 1. The SMILES string of the molecule is Cc1ccc(Cl)c(C(=O)Nc2cn[nH]c2C(=O)NC2CCN(S(C)(=O)=O)CC2)c1F. The van der Waals surface area contributed by atoms with Crippen molar-refractivity contribution in [3.8, 4) is 0 Å². The van der Waals surface area contributed by atoms with Gasteiger partial charge < -0.3 is 10.6 Å². The largest absolute Gasteiger partial charge is 0.348 e. The molecule has 1 aliphatic rings. The van der Waals surface area contributed by atoms with Crippen molar-refractivity contribution in [3.63, 3.8) is 0 Å². The number of nitrogens with one attached hydrogen (secondary N) is 3. The molecule has 12 heteroatoms. The van der Waals surface area contributed by atoms with Crippen molar-refractivity contribution in [2.24, 2.45) is 0 Å². The molecular weight excluding hydrogens is 437 g/mol. The van der Waals surface area contributed by atoms with Crippen LogP contribution >= 0.6 is 11.6 Å². The number of sulfonamides is 1. The molecule has 0 bridgehead atoms. The molecule has 0 unspecified atom stereocenters. The highest BCUT2D eigenvalue weighted by Gasteiger charge is 2.27. The first kappa shape index (κ1) is 22.2. The third-order valence-electron chi connectivity index (χ3n) is 4.88. The molecule has 1 aromatic heterocycles. The van der Waals surface area contributed by atoms with Crippen LogP contribution in [0, 0.1) is 12.7 Å². The van der Waals surface area contributed by atoms with Gasteiger partial charge in [-0.3, -0.25) is 14.7 Å². The number of benzene rings is 1. The first-order chi connectivity index (χ1) is 14.1. The van der Waals surface area contributed by atoms with Crippen molar-refractivity contribution < 1.29 is 22.4 Å². The summed E-state index contributed by atoms with van der Waals surface area (Å²) < 4.78 is 38.9. The zero-order chi connectivity index (χ0) is 22.1. The van der Waals surface area contributed by atoms with Crippen LogP contribution < -0.4 is 10.6 Å². The van der Waals surface area contributed by atoms with Gasteiger partial charge in [0.2, 0.25) is 10.0 Å². The van der Waals surface area contributed by atoms with Gasteiger partial charge in [0.25, 0.3) is 11.8 Å². The van der Waals surface area contributed by atoms with Gasteiger partial charge in [-0.15, -0.1) is 0 Å². The average molecular weight is 458 g/mol. The van der Waals surface area contributed by atoms with Crippen molar-refractivity contribution in [2.45, 2.75) is 25.8 Å². The van der Waals surface area contributed by atoms with E-state index in [0.29, 0.717) is 25.9 Å². The summed E-state index contributed by atoms with van der Waals surface area (Å²) in [5.41, 5.74) is 0.00800. The smallest absolute Gasteiger partial charge is 0.271 e. The van der Waals surface area contributed by atoms with Crippen LogP contribution in [0.2, 0.25) is 5.02 Å². The molecule has 1 aromatic carbocycles. The number of hydrogen-bond acceptors (Lipinski definition) is 5. The van der Waals surface area contributed by atoms with Gasteiger partial charge in [-0.25, -0.2) is 17.1 Å². The number of nitrogens with zero attached hydrogens (tertiary/aromatic N) is 2. The molecule has 1 fully saturated rings. The molecular formula is C18H21ClFN5O4S. The Kier molecular flexibility index (Phi) is 6.44. The highest BCUT2D eigenvalue weighted by atomic mass is 35.5. The first-order valence-electron chi connectivity index (χ1n) is 9.13. The molecule has 30 heavy (non-hydrogen) atoms. The zero-order valence-corrected chi connectivity index (χ0v) is 17.9. The van der Waals surface area contributed by atoms with E-state index < -0.39 is 27.7 Å². The number of H-pyrrole nitrogens is 1. The van der Waals surface area contributed by atoms with Gasteiger partial charge >= 0.3 is 0 Å². The second-order valence-corrected chi connectivity index (χ2v) is 9.47. The van der Waals surface area contributed by atoms with Crippen molar-refractivity contribution in [1.82, 2.24) is 19.8 Å². The number of carbonyl (C=O) groups is 2. The molecule has 0 atom stereocenters. The molecule has 2 amide bonds. The van der Waals surface area contributed by atoms with Gasteiger partial charge in [-0.1, -0.05) is 17.7 Å². The van der Waals surface area contributed by atoms with Gasteiger partial charge in [0.05, 0.1) is 28.7 Å². The Balaban J connectivity index is 1.68. The summed E-state index contributed by atoms with van der Waals surface area (Å²) in [4.78, 5) is 25.1. The molecule has 1 aliphatic heterocycles. The number of carbonyl (C=O) groups excluding carboxylic acids is 2. The second kappa shape index (κ2) is 8.70. The number of rotatable bonds is 5. The Bertz CT molecular complexity index is 1080. The Morgan fingerprint density at radius 3 is 2.57 bits per heavy atom. The number of amides is 2. The van der Waals surface area contributed by atoms with Crippen molar-refractivity contribution >= 4 is 39.1 Å². The molecule has 3 N–H and O–H groups in total. The fourth-order valence-electron chi connectivity index (χ4n) is 3.19. The Labute approximate surface area is 178 Å². The summed E-state index contributed by atoms with van der Waals surface area (Å²) in [5.74, 6) is -2.07. The number of halogens is 2. The molecule has 162 valence electrons. The van der Waals surface area contributed by atoms with E-state index in [1.54, 1.807) is 0 Å². The zero-order valence-electron chi connectivity index (χ0n) is 16.3. The number of aromatic amines is 1. The van der Waals surface area contributed by atoms with Gasteiger partial charge in [-0.2, -0.15) is 5.10 Å². The van der Waals surface area contributed by atoms with Gasteiger partial charge in [0.15, 0.2) is 0 Å². The van der Waals surface area contributed by atoms with Gasteiger partial charge in [0, 0.05) is 19.1 Å². The highest BCUT2D eigenvalue weighted by Crippen LogP contribution is 2.24. The van der Waals surface area contributed by atoms with E-state index in [1.807, 2.05) is 0 Å². The molecule has 0 saturated carbocycles. The van der Waals surface area contributed by atoms with Crippen LogP contribution in [-0.4, -0.2) is 60.1 Å². The molecule has 9 nitrogen and oxygen atoms in total. The molecule has 2 aromatic rings. The minimum Gasteiger partial charge on any atom is -0.348 e. The van der Waals surface area contributed by atoms with Crippen LogP contribution in [0.1, 0.15) is 39.3 Å². The number of aryl methyl sites for hydroxylation is 1. The molecule has 2 heterocycles. The minimum absolute atomic E-state index is 0.00178. The summed E-state index contributed by atoms with van der Waals surface area (Å²) in [7, 11) is -3.26. The molecule has 0 aliphatic carbocycles. The standard InChI is InChI=1S/C18H21ClFN5O4S/c1-10-3-4-12(19)14(15(10)20)17(26)23-13-9-21-24-16(13)18(27)22-11-5-7-25(8-6-11)30(2,28)29/h3-4,9,11H,5-8H2,1-2H3,(H,21,24)(H,22,27)(H,23,26). The predicted molar refractivity (Wildman–Crippen MR) is 110 cm³/mol. The fraction of sp³-hybridized carbons (Fsp3) is 0.389. The Morgan fingerprint density at radius 2 is 1.93 bits per heavy atom. The maximum absolute atomic E-state index is 14.3. The number of hydrogen-bond donors (Lipinski definition) is 3. The lowest BCUT2D eigenvalue weighted by atomic mass is 10.1. The lowest BCUT2D eigenvalue weighted by Crippen LogP contribution is -2.46. The third-order valence-corrected chi connectivity index (χ3v) is 6.50. The maximum atomic E-state index is 14.3. The van der Waals surface area contributed by atoms with E-state index in [2.05, 4.69) is 20.8 Å². The topological polar surface area (TPSA) is 124 Å². The minimum atomic E-state index is -3.26. The van der Waals surface area contributed by atoms with Crippen LogP contribution in [0.5, 0.6) is 0 Å². The summed E-state index contributed by atoms with van der Waals surface area (Å²) in [6.07, 6.45) is 3.30. The first-order valence-corrected chi connectivity index (χ1v) is 11.4. The van der Waals surface area contributed by atoms with Crippen LogP contribution in [-0.2, 0) is 10.0 Å². The third kappa shape index (κ3) is 4.79. The maximum Gasteiger partial charge on any atom is 0.271 e. The normalized spacial score (nSPS) is 15.7. The molecule has 0 spiro atoms. The number of aromatic nitrogens is 2. The fourth-order valence-corrected chi connectivity index (χ4v) is 4.30. The summed E-state index contributed by atoms with van der Waals surface area (Å²) in [6.45, 7) is 2.12. The van der Waals surface area contributed by atoms with E-state index >= 15 is 0 Å². The van der Waals surface area contributed by atoms with E-state index in [0.717, 1.165) is 6.26 Å². The van der Waals surface area contributed by atoms with Gasteiger partial charge in [-0.05, 0) is 31.4 Å². The van der Waals surface area contributed by atoms with E-state index in [9.17, 15) is 22.4 Å². The highest BCUT2D eigenvalue weighted by molar-refractivity contribution is 7.88. The van der Waals surface area contributed by atoms with Crippen molar-refractivity contribution in [2.75, 3.05) is 24.7 Å². The molecule has 3 rings (SSSR count). The van der Waals surface area contributed by atoms with Crippen LogP contribution in [0.3, 0.4) is 0 Å². The monoisotopic (exact) mass is 457 g/mol. The summed E-state index contributed by atoms with van der Waals surface area (Å²) in [5, 5.41) is 11.5. The lowest BCUT2D eigenvalue weighted by molar-refractivity contribution is 0.0919. The van der Waals surface area contributed by atoms with Crippen LogP contribution in [0.4, 0.5) is 10.1 Å². The number of anilines is 1.